The summed E-state index contributed by atoms with van der Waals surface area (Å²) >= 11 is 0. The van der Waals surface area contributed by atoms with Crippen LogP contribution in [-0.2, 0) is 9.53 Å². The van der Waals surface area contributed by atoms with E-state index in [0.717, 1.165) is 31.8 Å². The molecular formula is C22H28N4O4. The van der Waals surface area contributed by atoms with Crippen LogP contribution in [0.2, 0.25) is 0 Å². The van der Waals surface area contributed by atoms with Gasteiger partial charge in [0, 0.05) is 32.1 Å². The molecule has 0 bridgehead atoms. The van der Waals surface area contributed by atoms with Gasteiger partial charge in [-0.2, -0.15) is 5.10 Å². The normalized spacial score (nSPS) is 24.0. The third-order valence-electron chi connectivity index (χ3n) is 6.80. The number of carbonyl (C=O) groups is 2. The van der Waals surface area contributed by atoms with E-state index >= 15 is 0 Å². The number of nitrogens with zero attached hydrogens (tertiary/aromatic N) is 3. The summed E-state index contributed by atoms with van der Waals surface area (Å²) in [7, 11) is 0. The van der Waals surface area contributed by atoms with E-state index in [1.165, 1.54) is 12.8 Å². The Morgan fingerprint density at radius 3 is 2.70 bits per heavy atom. The highest BCUT2D eigenvalue weighted by molar-refractivity contribution is 5.93. The minimum absolute atomic E-state index is 0.0106. The van der Waals surface area contributed by atoms with Crippen LogP contribution in [0.3, 0.4) is 0 Å². The van der Waals surface area contributed by atoms with E-state index in [-0.39, 0.29) is 18.0 Å². The Bertz CT molecular complexity index is 935. The van der Waals surface area contributed by atoms with Crippen molar-refractivity contribution in [2.45, 2.75) is 45.1 Å². The maximum atomic E-state index is 12.9. The molecule has 2 aromatic rings. The fraction of sp³-hybridized carbons (Fsp3) is 0.591. The monoisotopic (exact) mass is 412 g/mol. The Kier molecular flexibility index (Phi) is 4.89. The molecule has 3 aliphatic rings. The number of hydrogen-bond donors (Lipinski definition) is 1. The van der Waals surface area contributed by atoms with Gasteiger partial charge in [-0.25, -0.2) is 0 Å². The third kappa shape index (κ3) is 3.53. The predicted molar refractivity (Wildman–Crippen MR) is 109 cm³/mol. The number of esters is 1. The molecule has 0 radical (unpaired) electrons. The molecule has 3 fully saturated rings. The van der Waals surface area contributed by atoms with E-state index in [0.29, 0.717) is 43.1 Å². The Balaban J connectivity index is 1.20. The summed E-state index contributed by atoms with van der Waals surface area (Å²) in [5.74, 6) is 1.28. The number of nitrogens with one attached hydrogen (secondary N) is 1. The molecular weight excluding hydrogens is 384 g/mol. The maximum absolute atomic E-state index is 12.9. The SMILES string of the molecule is Cc1ccc(-c2cc(C(=O)N3CCC4(CC3)CC(CN3CCCC3)OC4=O)n[nH]2)o1. The molecule has 1 amide bonds. The van der Waals surface area contributed by atoms with Crippen LogP contribution < -0.4 is 0 Å². The van der Waals surface area contributed by atoms with Crippen molar-refractivity contribution in [3.8, 4) is 11.5 Å². The van der Waals surface area contributed by atoms with Gasteiger partial charge in [0.1, 0.15) is 17.6 Å². The second-order valence-corrected chi connectivity index (χ2v) is 8.89. The highest BCUT2D eigenvalue weighted by Crippen LogP contribution is 2.43. The number of furan rings is 1. The van der Waals surface area contributed by atoms with E-state index in [9.17, 15) is 9.59 Å². The predicted octanol–water partition coefficient (Wildman–Crippen LogP) is 2.61. The number of H-pyrrole nitrogens is 1. The summed E-state index contributed by atoms with van der Waals surface area (Å²) in [6, 6.07) is 5.45. The molecule has 0 aliphatic carbocycles. The maximum Gasteiger partial charge on any atom is 0.312 e. The van der Waals surface area contributed by atoms with Crippen LogP contribution >= 0.6 is 0 Å². The number of aryl methyl sites for hydroxylation is 1. The van der Waals surface area contributed by atoms with E-state index < -0.39 is 5.41 Å². The molecule has 0 aromatic carbocycles. The fourth-order valence-electron chi connectivity index (χ4n) is 5.04. The van der Waals surface area contributed by atoms with Gasteiger partial charge in [0.2, 0.25) is 0 Å². The van der Waals surface area contributed by atoms with Gasteiger partial charge in [-0.05, 0) is 57.8 Å². The summed E-state index contributed by atoms with van der Waals surface area (Å²) in [4.78, 5) is 29.8. The largest absolute Gasteiger partial charge is 0.461 e. The average Bonchev–Trinajstić information content (AvgIpc) is 3.52. The lowest BCUT2D eigenvalue weighted by Gasteiger charge is -2.36. The lowest BCUT2D eigenvalue weighted by molar-refractivity contribution is -0.150. The molecule has 3 saturated heterocycles. The van der Waals surface area contributed by atoms with Crippen LogP contribution in [0.5, 0.6) is 0 Å². The van der Waals surface area contributed by atoms with Crippen molar-refractivity contribution in [1.82, 2.24) is 20.0 Å². The Labute approximate surface area is 175 Å². The summed E-state index contributed by atoms with van der Waals surface area (Å²) < 4.78 is 11.3. The summed E-state index contributed by atoms with van der Waals surface area (Å²) in [6.45, 7) is 6.02. The molecule has 1 atom stereocenters. The topological polar surface area (TPSA) is 91.7 Å². The molecule has 5 heterocycles. The fourth-order valence-corrected chi connectivity index (χ4v) is 5.04. The van der Waals surface area contributed by atoms with E-state index in [4.69, 9.17) is 9.15 Å². The van der Waals surface area contributed by atoms with Crippen molar-refractivity contribution in [1.29, 1.82) is 0 Å². The van der Waals surface area contributed by atoms with Crippen molar-refractivity contribution >= 4 is 11.9 Å². The quantitative estimate of drug-likeness (QED) is 0.776. The van der Waals surface area contributed by atoms with Crippen LogP contribution in [-0.4, -0.2) is 70.7 Å². The number of carbonyl (C=O) groups excluding carboxylic acids is 2. The van der Waals surface area contributed by atoms with Gasteiger partial charge in [-0.1, -0.05) is 0 Å². The van der Waals surface area contributed by atoms with Crippen molar-refractivity contribution in [2.24, 2.45) is 5.41 Å². The molecule has 1 N–H and O–H groups in total. The van der Waals surface area contributed by atoms with Crippen LogP contribution in [0.15, 0.2) is 22.6 Å². The molecule has 30 heavy (non-hydrogen) atoms. The van der Waals surface area contributed by atoms with Crippen LogP contribution in [0.1, 0.15) is 48.4 Å². The Hall–Kier alpha value is -2.61. The number of rotatable bonds is 4. The summed E-state index contributed by atoms with van der Waals surface area (Å²) in [6.07, 6.45) is 4.54. The molecule has 1 spiro atoms. The van der Waals surface area contributed by atoms with Crippen molar-refractivity contribution in [3.63, 3.8) is 0 Å². The minimum atomic E-state index is -0.427. The molecule has 0 saturated carbocycles. The number of likely N-dealkylation sites (tertiary alicyclic amines) is 2. The molecule has 5 rings (SSSR count). The van der Waals surface area contributed by atoms with E-state index in [2.05, 4.69) is 15.1 Å². The number of hydrogen-bond acceptors (Lipinski definition) is 6. The van der Waals surface area contributed by atoms with Gasteiger partial charge >= 0.3 is 5.97 Å². The molecule has 2 aromatic heterocycles. The number of ether oxygens (including phenoxy) is 1. The third-order valence-corrected chi connectivity index (χ3v) is 6.80. The number of aromatic nitrogens is 2. The number of amides is 1. The lowest BCUT2D eigenvalue weighted by Crippen LogP contribution is -2.45. The lowest BCUT2D eigenvalue weighted by atomic mass is 9.76. The van der Waals surface area contributed by atoms with Crippen molar-refractivity contribution in [2.75, 3.05) is 32.7 Å². The number of piperidine rings is 1. The zero-order chi connectivity index (χ0) is 20.7. The summed E-state index contributed by atoms with van der Waals surface area (Å²) in [5.41, 5.74) is 0.629. The Morgan fingerprint density at radius 1 is 1.23 bits per heavy atom. The first-order valence-electron chi connectivity index (χ1n) is 10.9. The van der Waals surface area contributed by atoms with E-state index in [1.807, 2.05) is 19.1 Å². The highest BCUT2D eigenvalue weighted by Gasteiger charge is 2.51. The van der Waals surface area contributed by atoms with Gasteiger partial charge in [-0.15, -0.1) is 0 Å². The molecule has 1 unspecified atom stereocenters. The Morgan fingerprint density at radius 2 is 2.00 bits per heavy atom. The first kappa shape index (κ1) is 19.4. The van der Waals surface area contributed by atoms with Crippen molar-refractivity contribution < 1.29 is 18.7 Å². The minimum Gasteiger partial charge on any atom is -0.461 e. The first-order valence-corrected chi connectivity index (χ1v) is 10.9. The summed E-state index contributed by atoms with van der Waals surface area (Å²) in [5, 5.41) is 7.06. The van der Waals surface area contributed by atoms with Gasteiger partial charge in [0.05, 0.1) is 5.41 Å². The average molecular weight is 412 g/mol. The molecule has 8 nitrogen and oxygen atoms in total. The zero-order valence-corrected chi connectivity index (χ0v) is 17.4. The molecule has 3 aliphatic heterocycles. The van der Waals surface area contributed by atoms with Crippen LogP contribution in [0.4, 0.5) is 0 Å². The van der Waals surface area contributed by atoms with Gasteiger partial charge in [0.25, 0.3) is 5.91 Å². The number of aromatic amines is 1. The second-order valence-electron chi connectivity index (χ2n) is 8.89. The second kappa shape index (κ2) is 7.58. The zero-order valence-electron chi connectivity index (χ0n) is 17.4. The van der Waals surface area contributed by atoms with E-state index in [1.54, 1.807) is 11.0 Å². The van der Waals surface area contributed by atoms with Crippen LogP contribution in [0.25, 0.3) is 11.5 Å². The van der Waals surface area contributed by atoms with Gasteiger partial charge < -0.3 is 14.1 Å². The molecule has 160 valence electrons. The standard InChI is InChI=1S/C22H28N4O4/c1-15-4-5-19(29-15)17-12-18(24-23-17)20(27)26-10-6-22(7-11-26)13-16(30-21(22)28)14-25-8-2-3-9-25/h4-5,12,16H,2-3,6-11,13-14H2,1H3,(H,23,24). The molecule has 8 heteroatoms. The number of cyclic esters (lactones) is 1. The smallest absolute Gasteiger partial charge is 0.312 e. The van der Waals surface area contributed by atoms with Gasteiger partial charge in [0.15, 0.2) is 11.5 Å². The van der Waals surface area contributed by atoms with Gasteiger partial charge in [-0.3, -0.25) is 19.6 Å². The first-order chi connectivity index (χ1) is 14.5. The highest BCUT2D eigenvalue weighted by atomic mass is 16.6. The van der Waals surface area contributed by atoms with Crippen molar-refractivity contribution in [3.05, 3.63) is 29.7 Å². The van der Waals surface area contributed by atoms with Crippen LogP contribution in [0, 0.1) is 12.3 Å².